The Morgan fingerprint density at radius 3 is 2.77 bits per heavy atom. The van der Waals surface area contributed by atoms with Gasteiger partial charge in [0.1, 0.15) is 5.76 Å². The van der Waals surface area contributed by atoms with Crippen molar-refractivity contribution in [3.63, 3.8) is 0 Å². The van der Waals surface area contributed by atoms with Gasteiger partial charge in [-0.05, 0) is 56.0 Å². The number of benzene rings is 1. The Morgan fingerprint density at radius 1 is 1.31 bits per heavy atom. The molecule has 0 fully saturated rings. The molecular weight excluding hydrogens is 326 g/mol. The maximum atomic E-state index is 12.5. The molecule has 2 rings (SSSR count). The van der Waals surface area contributed by atoms with Crippen molar-refractivity contribution in [2.24, 2.45) is 0 Å². The average Bonchev–Trinajstić information content (AvgIpc) is 2.62. The van der Waals surface area contributed by atoms with E-state index in [1.807, 2.05) is 45.0 Å². The lowest BCUT2D eigenvalue weighted by Crippen LogP contribution is -2.14. The topological polar surface area (TPSA) is 47.6 Å². The number of hydrogen-bond donors (Lipinski definition) is 1. The summed E-state index contributed by atoms with van der Waals surface area (Å²) in [4.78, 5) is 12.5. The Morgan fingerprint density at radius 2 is 2.08 bits per heavy atom. The number of carbonyl (C=O) groups is 1. The summed E-state index contributed by atoms with van der Waals surface area (Å²) >= 11 is 0. The van der Waals surface area contributed by atoms with Gasteiger partial charge in [0.15, 0.2) is 5.78 Å². The molecule has 1 aromatic rings. The van der Waals surface area contributed by atoms with Crippen LogP contribution in [-0.2, 0) is 9.47 Å². The van der Waals surface area contributed by atoms with Crippen LogP contribution in [0.5, 0.6) is 0 Å². The van der Waals surface area contributed by atoms with Crippen LogP contribution >= 0.6 is 0 Å². The molecule has 0 unspecified atom stereocenters. The molecule has 4 nitrogen and oxygen atoms in total. The number of ether oxygens (including phenoxy) is 2. The van der Waals surface area contributed by atoms with E-state index in [2.05, 4.69) is 12.2 Å². The normalized spacial score (nSPS) is 14.2. The molecule has 142 valence electrons. The van der Waals surface area contributed by atoms with Gasteiger partial charge < -0.3 is 14.8 Å². The van der Waals surface area contributed by atoms with Crippen molar-refractivity contribution < 1.29 is 14.3 Å². The third-order valence-electron chi connectivity index (χ3n) is 4.00. The van der Waals surface area contributed by atoms with E-state index >= 15 is 0 Å². The van der Waals surface area contributed by atoms with Gasteiger partial charge in [-0.3, -0.25) is 4.79 Å². The molecule has 26 heavy (non-hydrogen) atoms. The summed E-state index contributed by atoms with van der Waals surface area (Å²) in [6.45, 7) is 9.28. The maximum absolute atomic E-state index is 12.5. The summed E-state index contributed by atoms with van der Waals surface area (Å²) in [5.41, 5.74) is 4.78. The molecule has 0 aromatic heterocycles. The number of rotatable bonds is 8. The van der Waals surface area contributed by atoms with Gasteiger partial charge in [0, 0.05) is 17.8 Å². The molecule has 1 aromatic carbocycles. The largest absolute Gasteiger partial charge is 0.497 e. The molecule has 0 bridgehead atoms. The summed E-state index contributed by atoms with van der Waals surface area (Å²) in [5, 5.41) is 3.33. The zero-order valence-electron chi connectivity index (χ0n) is 15.5. The number of ketones is 1. The second kappa shape index (κ2) is 10.5. The maximum Gasteiger partial charge on any atom is 0.171 e. The van der Waals surface area contributed by atoms with Crippen molar-refractivity contribution in [3.8, 4) is 0 Å². The van der Waals surface area contributed by atoms with E-state index in [1.54, 1.807) is 12.5 Å². The average molecular weight is 357 g/mol. The first-order valence-corrected chi connectivity index (χ1v) is 8.73. The predicted molar refractivity (Wildman–Crippen MR) is 109 cm³/mol. The molecule has 0 spiro atoms. The Kier molecular flexibility index (Phi) is 8.70. The highest BCUT2D eigenvalue weighted by Gasteiger charge is 2.24. The molecule has 0 amide bonds. The Balaban J connectivity index is 0.00000338. The van der Waals surface area contributed by atoms with Gasteiger partial charge in [-0.25, -0.2) is 0 Å². The first kappa shape index (κ1) is 21.6. The lowest BCUT2D eigenvalue weighted by atomic mass is 9.89. The van der Waals surface area contributed by atoms with Crippen LogP contribution in [0.3, 0.4) is 0 Å². The summed E-state index contributed by atoms with van der Waals surface area (Å²) in [6, 6.07) is 5.92. The molecule has 0 aliphatic heterocycles. The number of allylic oxidation sites excluding steroid dienone is 3. The van der Waals surface area contributed by atoms with E-state index in [4.69, 9.17) is 9.47 Å². The first-order valence-electron chi connectivity index (χ1n) is 8.73. The van der Waals surface area contributed by atoms with E-state index in [0.717, 1.165) is 40.1 Å². The van der Waals surface area contributed by atoms with Crippen LogP contribution in [0, 0.1) is 0 Å². The van der Waals surface area contributed by atoms with Crippen molar-refractivity contribution >= 4 is 17.0 Å². The predicted octanol–water partition coefficient (Wildman–Crippen LogP) is 5.93. The van der Waals surface area contributed by atoms with Crippen LogP contribution in [0.1, 0.15) is 63.9 Å². The van der Waals surface area contributed by atoms with Crippen molar-refractivity contribution in [2.45, 2.75) is 48.0 Å². The van der Waals surface area contributed by atoms with Crippen LogP contribution in [0.4, 0.5) is 5.69 Å². The van der Waals surface area contributed by atoms with E-state index in [0.29, 0.717) is 19.6 Å². The Hall–Kier alpha value is -2.49. The van der Waals surface area contributed by atoms with Gasteiger partial charge in [-0.15, -0.1) is 0 Å². The zero-order valence-corrected chi connectivity index (χ0v) is 15.5. The van der Waals surface area contributed by atoms with Gasteiger partial charge >= 0.3 is 0 Å². The van der Waals surface area contributed by atoms with Crippen molar-refractivity contribution in [1.82, 2.24) is 0 Å². The van der Waals surface area contributed by atoms with E-state index < -0.39 is 0 Å². The number of Topliss-reactive ketones (excluding diaryl/α,β-unsaturated/α-hetero) is 1. The molecule has 0 saturated carbocycles. The quantitative estimate of drug-likeness (QED) is 0.586. The van der Waals surface area contributed by atoms with Crippen LogP contribution in [0.15, 0.2) is 48.1 Å². The monoisotopic (exact) mass is 357 g/mol. The van der Waals surface area contributed by atoms with E-state index in [-0.39, 0.29) is 13.2 Å². The van der Waals surface area contributed by atoms with Gasteiger partial charge in [-0.2, -0.15) is 0 Å². The number of hydrogen-bond acceptors (Lipinski definition) is 4. The van der Waals surface area contributed by atoms with Gasteiger partial charge in [0.25, 0.3) is 0 Å². The van der Waals surface area contributed by atoms with Crippen molar-refractivity contribution in [3.05, 3.63) is 59.3 Å². The molecule has 0 saturated heterocycles. The summed E-state index contributed by atoms with van der Waals surface area (Å²) in [6.07, 6.45) is 6.46. The molecule has 4 heteroatoms. The highest BCUT2D eigenvalue weighted by molar-refractivity contribution is 6.06. The molecular formula is C22H31NO3. The fourth-order valence-electron chi connectivity index (χ4n) is 2.64. The standard InChI is InChI=1S/C21H27NO3.CH4/c1-5-9-24-14-15(3)13-22-17-7-8-18-16(4)21(25-10-6-2)12-20(23)19(18)11-17;/h5,7-9,11,14,22H,6,10,12-13H2,1-4H3;1H4/b9-5-,15-14+;. The fourth-order valence-corrected chi connectivity index (χ4v) is 2.64. The SMILES string of the molecule is C.C/C=C\O/C=C(\C)CNc1ccc2c(c1)C(=O)CC(OCCC)=C2C. The molecule has 1 aliphatic rings. The third kappa shape index (κ3) is 5.51. The molecule has 1 N–H and O–H groups in total. The minimum absolute atomic E-state index is 0. The smallest absolute Gasteiger partial charge is 0.171 e. The summed E-state index contributed by atoms with van der Waals surface area (Å²) in [5.74, 6) is 0.916. The van der Waals surface area contributed by atoms with Crippen LogP contribution in [0.2, 0.25) is 0 Å². The molecule has 0 radical (unpaired) electrons. The van der Waals surface area contributed by atoms with Gasteiger partial charge in [0.05, 0.1) is 25.6 Å². The molecule has 1 aliphatic carbocycles. The van der Waals surface area contributed by atoms with E-state index in [1.165, 1.54) is 0 Å². The van der Waals surface area contributed by atoms with Gasteiger partial charge in [-0.1, -0.05) is 26.5 Å². The number of nitrogens with one attached hydrogen (secondary N) is 1. The number of fused-ring (bicyclic) bond motifs is 1. The lowest BCUT2D eigenvalue weighted by molar-refractivity contribution is 0.0957. The van der Waals surface area contributed by atoms with Crippen molar-refractivity contribution in [2.75, 3.05) is 18.5 Å². The summed E-state index contributed by atoms with van der Waals surface area (Å²) < 4.78 is 11.0. The van der Waals surface area contributed by atoms with Crippen molar-refractivity contribution in [1.29, 1.82) is 0 Å². The highest BCUT2D eigenvalue weighted by Crippen LogP contribution is 2.33. The minimum atomic E-state index is 0. The van der Waals surface area contributed by atoms with Crippen LogP contribution in [-0.4, -0.2) is 18.9 Å². The zero-order chi connectivity index (χ0) is 18.2. The highest BCUT2D eigenvalue weighted by atomic mass is 16.5. The lowest BCUT2D eigenvalue weighted by Gasteiger charge is -2.21. The third-order valence-corrected chi connectivity index (χ3v) is 4.00. The number of carbonyl (C=O) groups excluding carboxylic acids is 1. The Labute approximate surface area is 157 Å². The Bertz CT molecular complexity index is 714. The van der Waals surface area contributed by atoms with Gasteiger partial charge in [0.2, 0.25) is 0 Å². The first-order chi connectivity index (χ1) is 12.1. The molecule has 0 heterocycles. The van der Waals surface area contributed by atoms with E-state index in [9.17, 15) is 4.79 Å². The van der Waals surface area contributed by atoms with Crippen LogP contribution in [0.25, 0.3) is 5.57 Å². The molecule has 0 atom stereocenters. The second-order valence-corrected chi connectivity index (χ2v) is 6.18. The fraction of sp³-hybridized carbons (Fsp3) is 0.409. The second-order valence-electron chi connectivity index (χ2n) is 6.18. The number of anilines is 1. The minimum Gasteiger partial charge on any atom is -0.497 e. The summed E-state index contributed by atoms with van der Waals surface area (Å²) in [7, 11) is 0. The van der Waals surface area contributed by atoms with Crippen LogP contribution < -0.4 is 5.32 Å².